The molecule has 0 bridgehead atoms. The van der Waals surface area contributed by atoms with Crippen molar-refractivity contribution in [1.82, 2.24) is 4.90 Å². The molecule has 2 rings (SSSR count). The largest absolute Gasteiger partial charge is 0.300 e. The predicted molar refractivity (Wildman–Crippen MR) is 66.0 cm³/mol. The maximum atomic E-state index is 8.53. The Hall–Kier alpha value is -0.550. The van der Waals surface area contributed by atoms with Gasteiger partial charge in [-0.05, 0) is 57.5 Å². The van der Waals surface area contributed by atoms with Crippen molar-refractivity contribution in [3.63, 3.8) is 0 Å². The van der Waals surface area contributed by atoms with E-state index in [0.717, 1.165) is 24.8 Å². The second-order valence-electron chi connectivity index (χ2n) is 5.41. The Kier molecular flexibility index (Phi) is 4.66. The molecule has 1 saturated heterocycles. The fraction of sp³-hybridized carbons (Fsp3) is 0.929. The van der Waals surface area contributed by atoms with Gasteiger partial charge in [-0.25, -0.2) is 0 Å². The fourth-order valence-electron chi connectivity index (χ4n) is 3.52. The lowest BCUT2D eigenvalue weighted by Gasteiger charge is -2.44. The third-order valence-electron chi connectivity index (χ3n) is 4.34. The van der Waals surface area contributed by atoms with Crippen molar-refractivity contribution in [3.05, 3.63) is 0 Å². The van der Waals surface area contributed by atoms with Gasteiger partial charge in [0, 0.05) is 12.5 Å². The number of nitriles is 1. The van der Waals surface area contributed by atoms with Crippen molar-refractivity contribution in [2.75, 3.05) is 13.1 Å². The Balaban J connectivity index is 1.76. The fourth-order valence-corrected chi connectivity index (χ4v) is 3.52. The Morgan fingerprint density at radius 3 is 2.75 bits per heavy atom. The number of nitrogens with zero attached hydrogens (tertiary/aromatic N) is 2. The van der Waals surface area contributed by atoms with Crippen LogP contribution >= 0.6 is 0 Å². The third kappa shape index (κ3) is 2.98. The minimum atomic E-state index is 0.738. The van der Waals surface area contributed by atoms with Gasteiger partial charge in [0.1, 0.15) is 0 Å². The van der Waals surface area contributed by atoms with Crippen LogP contribution in [0.15, 0.2) is 0 Å². The molecular formula is C14H24N2. The molecule has 0 aromatic rings. The van der Waals surface area contributed by atoms with Gasteiger partial charge in [-0.3, -0.25) is 0 Å². The van der Waals surface area contributed by atoms with E-state index in [-0.39, 0.29) is 0 Å². The van der Waals surface area contributed by atoms with Gasteiger partial charge in [0.15, 0.2) is 0 Å². The minimum Gasteiger partial charge on any atom is -0.300 e. The van der Waals surface area contributed by atoms with Gasteiger partial charge >= 0.3 is 0 Å². The minimum absolute atomic E-state index is 0.738. The SMILES string of the molecule is N#CCCCCN1CCC[C@H]2CCCC[C@H]21. The van der Waals surface area contributed by atoms with Crippen LogP contribution < -0.4 is 0 Å². The highest BCUT2D eigenvalue weighted by molar-refractivity contribution is 4.87. The summed E-state index contributed by atoms with van der Waals surface area (Å²) in [4.78, 5) is 2.73. The average Bonchev–Trinajstić information content (AvgIpc) is 2.35. The van der Waals surface area contributed by atoms with E-state index in [0.29, 0.717) is 0 Å². The van der Waals surface area contributed by atoms with Crippen LogP contribution in [0, 0.1) is 17.2 Å². The first kappa shape index (κ1) is 11.9. The molecule has 0 N–H and O–H groups in total. The van der Waals surface area contributed by atoms with Crippen LogP contribution in [-0.2, 0) is 0 Å². The molecule has 2 fully saturated rings. The van der Waals surface area contributed by atoms with Gasteiger partial charge in [-0.15, -0.1) is 0 Å². The Labute approximate surface area is 99.6 Å². The van der Waals surface area contributed by atoms with Gasteiger partial charge in [-0.2, -0.15) is 5.26 Å². The zero-order valence-electron chi connectivity index (χ0n) is 10.3. The molecule has 2 atom stereocenters. The van der Waals surface area contributed by atoms with Crippen molar-refractivity contribution in [2.24, 2.45) is 5.92 Å². The molecule has 2 aliphatic rings. The maximum absolute atomic E-state index is 8.53. The molecule has 0 unspecified atom stereocenters. The first-order chi connectivity index (χ1) is 7.92. The lowest BCUT2D eigenvalue weighted by atomic mass is 9.78. The Morgan fingerprint density at radius 2 is 1.88 bits per heavy atom. The zero-order valence-corrected chi connectivity index (χ0v) is 10.3. The third-order valence-corrected chi connectivity index (χ3v) is 4.34. The van der Waals surface area contributed by atoms with Gasteiger partial charge in [0.05, 0.1) is 6.07 Å². The van der Waals surface area contributed by atoms with Crippen LogP contribution in [0.3, 0.4) is 0 Å². The predicted octanol–water partition coefficient (Wildman–Crippen LogP) is 3.33. The van der Waals surface area contributed by atoms with E-state index >= 15 is 0 Å². The lowest BCUT2D eigenvalue weighted by Crippen LogP contribution is -2.46. The number of piperidine rings is 1. The Bertz CT molecular complexity index is 242. The number of hydrogen-bond donors (Lipinski definition) is 0. The molecule has 90 valence electrons. The van der Waals surface area contributed by atoms with Crippen molar-refractivity contribution in [2.45, 2.75) is 63.8 Å². The molecule has 1 aliphatic heterocycles. The quantitative estimate of drug-likeness (QED) is 0.679. The number of fused-ring (bicyclic) bond motifs is 1. The van der Waals surface area contributed by atoms with E-state index in [1.165, 1.54) is 58.0 Å². The maximum Gasteiger partial charge on any atom is 0.0621 e. The first-order valence-electron chi connectivity index (χ1n) is 7.03. The molecule has 0 spiro atoms. The molecular weight excluding hydrogens is 196 g/mol. The normalized spacial score (nSPS) is 30.7. The van der Waals surface area contributed by atoms with E-state index in [9.17, 15) is 0 Å². The topological polar surface area (TPSA) is 27.0 Å². The summed E-state index contributed by atoms with van der Waals surface area (Å²) in [6, 6.07) is 3.14. The van der Waals surface area contributed by atoms with E-state index in [2.05, 4.69) is 11.0 Å². The molecule has 0 amide bonds. The van der Waals surface area contributed by atoms with Crippen molar-refractivity contribution >= 4 is 0 Å². The number of likely N-dealkylation sites (tertiary alicyclic amines) is 1. The van der Waals surface area contributed by atoms with Gasteiger partial charge in [0.2, 0.25) is 0 Å². The summed E-state index contributed by atoms with van der Waals surface area (Å²) in [6.45, 7) is 2.55. The number of unbranched alkanes of at least 4 members (excludes halogenated alkanes) is 2. The zero-order chi connectivity index (χ0) is 11.2. The molecule has 1 heterocycles. The highest BCUT2D eigenvalue weighted by Crippen LogP contribution is 2.35. The lowest BCUT2D eigenvalue weighted by molar-refractivity contribution is 0.0598. The van der Waals surface area contributed by atoms with Crippen LogP contribution in [0.25, 0.3) is 0 Å². The number of rotatable bonds is 4. The highest BCUT2D eigenvalue weighted by Gasteiger charge is 2.32. The molecule has 2 heteroatoms. The smallest absolute Gasteiger partial charge is 0.0621 e. The van der Waals surface area contributed by atoms with Crippen LogP contribution in [0.1, 0.15) is 57.8 Å². The van der Waals surface area contributed by atoms with Crippen molar-refractivity contribution < 1.29 is 0 Å². The van der Waals surface area contributed by atoms with Crippen LogP contribution in [0.5, 0.6) is 0 Å². The summed E-state index contributed by atoms with van der Waals surface area (Å²) in [5.41, 5.74) is 0. The van der Waals surface area contributed by atoms with E-state index < -0.39 is 0 Å². The van der Waals surface area contributed by atoms with Crippen LogP contribution in [-0.4, -0.2) is 24.0 Å². The molecule has 1 saturated carbocycles. The summed E-state index contributed by atoms with van der Waals surface area (Å²) >= 11 is 0. The Morgan fingerprint density at radius 1 is 1.06 bits per heavy atom. The summed E-state index contributed by atoms with van der Waals surface area (Å²) in [5, 5.41) is 8.53. The molecule has 2 nitrogen and oxygen atoms in total. The molecule has 0 aromatic heterocycles. The average molecular weight is 220 g/mol. The van der Waals surface area contributed by atoms with Crippen molar-refractivity contribution in [1.29, 1.82) is 5.26 Å². The standard InChI is InChI=1S/C14H24N2/c15-10-4-1-5-11-16-12-6-8-13-7-2-3-9-14(13)16/h13-14H,1-9,11-12H2/t13-,14-/m1/s1. The first-order valence-corrected chi connectivity index (χ1v) is 7.03. The molecule has 1 aliphatic carbocycles. The second kappa shape index (κ2) is 6.25. The molecule has 0 radical (unpaired) electrons. The van der Waals surface area contributed by atoms with Gasteiger partial charge in [0.25, 0.3) is 0 Å². The van der Waals surface area contributed by atoms with Gasteiger partial charge < -0.3 is 4.90 Å². The highest BCUT2D eigenvalue weighted by atomic mass is 15.2. The molecule has 0 aromatic carbocycles. The number of hydrogen-bond acceptors (Lipinski definition) is 2. The van der Waals surface area contributed by atoms with Crippen LogP contribution in [0.2, 0.25) is 0 Å². The van der Waals surface area contributed by atoms with Gasteiger partial charge in [-0.1, -0.05) is 12.8 Å². The molecule has 16 heavy (non-hydrogen) atoms. The van der Waals surface area contributed by atoms with E-state index in [1.807, 2.05) is 0 Å². The second-order valence-corrected chi connectivity index (χ2v) is 5.41. The summed E-state index contributed by atoms with van der Waals surface area (Å²) < 4.78 is 0. The summed E-state index contributed by atoms with van der Waals surface area (Å²) in [5.74, 6) is 0.999. The summed E-state index contributed by atoms with van der Waals surface area (Å²) in [6.07, 6.45) is 11.7. The summed E-state index contributed by atoms with van der Waals surface area (Å²) in [7, 11) is 0. The van der Waals surface area contributed by atoms with Crippen LogP contribution in [0.4, 0.5) is 0 Å². The van der Waals surface area contributed by atoms with E-state index in [4.69, 9.17) is 5.26 Å². The van der Waals surface area contributed by atoms with E-state index in [1.54, 1.807) is 0 Å². The van der Waals surface area contributed by atoms with Crippen molar-refractivity contribution in [3.8, 4) is 6.07 Å². The monoisotopic (exact) mass is 220 g/mol.